The largest absolute Gasteiger partial charge is 0.411 e. The molecular weight excluding hydrogens is 332 g/mol. The van der Waals surface area contributed by atoms with E-state index in [-0.39, 0.29) is 5.91 Å². The number of oxime groups is 1. The first-order valence-electron chi connectivity index (χ1n) is 6.38. The summed E-state index contributed by atoms with van der Waals surface area (Å²) in [7, 11) is 0. The Kier molecular flexibility index (Phi) is 4.75. The third kappa shape index (κ3) is 3.70. The van der Waals surface area contributed by atoms with Gasteiger partial charge in [0.1, 0.15) is 0 Å². The van der Waals surface area contributed by atoms with Gasteiger partial charge < -0.3 is 10.5 Å². The lowest BCUT2D eigenvalue weighted by Gasteiger charge is -2.08. The van der Waals surface area contributed by atoms with Crippen molar-refractivity contribution in [3.63, 3.8) is 0 Å². The zero-order valence-electron chi connectivity index (χ0n) is 11.7. The van der Waals surface area contributed by atoms with Crippen LogP contribution in [0.5, 0.6) is 0 Å². The number of rotatable bonds is 3. The van der Waals surface area contributed by atoms with Crippen molar-refractivity contribution >= 4 is 33.2 Å². The van der Waals surface area contributed by atoms with Gasteiger partial charge in [-0.2, -0.15) is 0 Å². The highest BCUT2D eigenvalue weighted by Crippen LogP contribution is 2.20. The average molecular weight is 347 g/mol. The summed E-state index contributed by atoms with van der Waals surface area (Å²) >= 11 is 3.38. The number of benzene rings is 2. The number of hydrogen-bond acceptors (Lipinski definition) is 3. The molecule has 0 spiro atoms. The molecule has 5 heteroatoms. The summed E-state index contributed by atoms with van der Waals surface area (Å²) in [5.74, 6) is -0.175. The molecular formula is C16H15BrN2O2. The molecule has 0 fully saturated rings. The molecule has 2 rings (SSSR count). The van der Waals surface area contributed by atoms with Gasteiger partial charge in [0.2, 0.25) is 0 Å². The number of amides is 1. The van der Waals surface area contributed by atoms with Crippen LogP contribution in [-0.2, 0) is 0 Å². The Morgan fingerprint density at radius 1 is 1.19 bits per heavy atom. The van der Waals surface area contributed by atoms with Crippen molar-refractivity contribution in [2.45, 2.75) is 13.8 Å². The molecule has 1 amide bonds. The molecule has 0 heterocycles. The third-order valence-electron chi connectivity index (χ3n) is 3.08. The van der Waals surface area contributed by atoms with Gasteiger partial charge in [-0.05, 0) is 59.6 Å². The molecule has 0 aliphatic carbocycles. The molecule has 0 atom stereocenters. The number of anilines is 1. The van der Waals surface area contributed by atoms with E-state index in [1.165, 1.54) is 0 Å². The average Bonchev–Trinajstić information content (AvgIpc) is 2.49. The lowest BCUT2D eigenvalue weighted by molar-refractivity contribution is 0.102. The molecule has 0 aliphatic heterocycles. The Hall–Kier alpha value is -2.14. The van der Waals surface area contributed by atoms with Crippen LogP contribution in [0.2, 0.25) is 0 Å². The molecule has 2 aromatic carbocycles. The van der Waals surface area contributed by atoms with Crippen molar-refractivity contribution in [1.82, 2.24) is 0 Å². The predicted octanol–water partition coefficient (Wildman–Crippen LogP) is 4.21. The molecule has 0 aliphatic rings. The molecule has 0 aromatic heterocycles. The third-order valence-corrected chi connectivity index (χ3v) is 3.77. The number of nitrogens with one attached hydrogen (secondary N) is 1. The number of halogens is 1. The SMILES string of the molecule is C/C(=N/O)c1ccc(NC(=O)c2cc(C)ccc2Br)cc1. The number of hydrogen-bond donors (Lipinski definition) is 2. The van der Waals surface area contributed by atoms with E-state index in [9.17, 15) is 4.79 Å². The van der Waals surface area contributed by atoms with Crippen molar-refractivity contribution in [2.24, 2.45) is 5.16 Å². The van der Waals surface area contributed by atoms with Crippen LogP contribution in [0.4, 0.5) is 5.69 Å². The maximum atomic E-state index is 12.3. The van der Waals surface area contributed by atoms with Crippen LogP contribution < -0.4 is 5.32 Å². The highest BCUT2D eigenvalue weighted by molar-refractivity contribution is 9.10. The maximum absolute atomic E-state index is 12.3. The van der Waals surface area contributed by atoms with E-state index >= 15 is 0 Å². The minimum absolute atomic E-state index is 0.175. The van der Waals surface area contributed by atoms with Crippen LogP contribution in [0.1, 0.15) is 28.4 Å². The molecule has 21 heavy (non-hydrogen) atoms. The van der Waals surface area contributed by atoms with E-state index in [1.54, 1.807) is 31.2 Å². The van der Waals surface area contributed by atoms with Crippen LogP contribution >= 0.6 is 15.9 Å². The second-order valence-corrected chi connectivity index (χ2v) is 5.55. The van der Waals surface area contributed by atoms with Crippen molar-refractivity contribution < 1.29 is 10.0 Å². The van der Waals surface area contributed by atoms with Crippen LogP contribution in [0.25, 0.3) is 0 Å². The van der Waals surface area contributed by atoms with E-state index in [2.05, 4.69) is 26.4 Å². The fraction of sp³-hybridized carbons (Fsp3) is 0.125. The number of carbonyl (C=O) groups excluding carboxylic acids is 1. The van der Waals surface area contributed by atoms with Gasteiger partial charge in [0.25, 0.3) is 5.91 Å². The number of carbonyl (C=O) groups is 1. The Labute approximate surface area is 131 Å². The molecule has 0 saturated carbocycles. The summed E-state index contributed by atoms with van der Waals surface area (Å²) in [4.78, 5) is 12.3. The zero-order chi connectivity index (χ0) is 15.4. The summed E-state index contributed by atoms with van der Waals surface area (Å²) in [6, 6.07) is 12.7. The first kappa shape index (κ1) is 15.3. The smallest absolute Gasteiger partial charge is 0.256 e. The quantitative estimate of drug-likeness (QED) is 0.496. The van der Waals surface area contributed by atoms with Crippen molar-refractivity contribution in [1.29, 1.82) is 0 Å². The predicted molar refractivity (Wildman–Crippen MR) is 87.3 cm³/mol. The molecule has 2 N–H and O–H groups in total. The fourth-order valence-corrected chi connectivity index (χ4v) is 2.29. The van der Waals surface area contributed by atoms with Gasteiger partial charge >= 0.3 is 0 Å². The van der Waals surface area contributed by atoms with Gasteiger partial charge in [-0.1, -0.05) is 28.9 Å². The molecule has 0 radical (unpaired) electrons. The fourth-order valence-electron chi connectivity index (χ4n) is 1.86. The second kappa shape index (κ2) is 6.54. The maximum Gasteiger partial charge on any atom is 0.256 e. The minimum Gasteiger partial charge on any atom is -0.411 e. The topological polar surface area (TPSA) is 61.7 Å². The van der Waals surface area contributed by atoms with Crippen molar-refractivity contribution in [3.8, 4) is 0 Å². The second-order valence-electron chi connectivity index (χ2n) is 4.70. The molecule has 0 saturated heterocycles. The molecule has 4 nitrogen and oxygen atoms in total. The zero-order valence-corrected chi connectivity index (χ0v) is 13.3. The van der Waals surface area contributed by atoms with Crippen LogP contribution in [0.3, 0.4) is 0 Å². The number of aryl methyl sites for hydroxylation is 1. The Morgan fingerprint density at radius 2 is 1.86 bits per heavy atom. The lowest BCUT2D eigenvalue weighted by Crippen LogP contribution is -2.12. The van der Waals surface area contributed by atoms with Crippen molar-refractivity contribution in [2.75, 3.05) is 5.32 Å². The highest BCUT2D eigenvalue weighted by Gasteiger charge is 2.10. The van der Waals surface area contributed by atoms with Gasteiger partial charge in [0, 0.05) is 10.2 Å². The summed E-state index contributed by atoms with van der Waals surface area (Å²) in [5.41, 5.74) is 3.62. The van der Waals surface area contributed by atoms with E-state index < -0.39 is 0 Å². The van der Waals surface area contributed by atoms with Gasteiger partial charge in [0.05, 0.1) is 11.3 Å². The van der Waals surface area contributed by atoms with E-state index in [4.69, 9.17) is 5.21 Å². The first-order valence-corrected chi connectivity index (χ1v) is 7.17. The summed E-state index contributed by atoms with van der Waals surface area (Å²) in [6.45, 7) is 3.65. The van der Waals surface area contributed by atoms with E-state index in [0.29, 0.717) is 17.0 Å². The minimum atomic E-state index is -0.175. The Balaban J connectivity index is 2.18. The van der Waals surface area contributed by atoms with Crippen LogP contribution in [-0.4, -0.2) is 16.8 Å². The van der Waals surface area contributed by atoms with Gasteiger partial charge in [-0.15, -0.1) is 0 Å². The molecule has 0 unspecified atom stereocenters. The first-order chi connectivity index (χ1) is 10.0. The van der Waals surface area contributed by atoms with Gasteiger partial charge in [-0.25, -0.2) is 0 Å². The van der Waals surface area contributed by atoms with Gasteiger partial charge in [0.15, 0.2) is 0 Å². The lowest BCUT2D eigenvalue weighted by atomic mass is 10.1. The van der Waals surface area contributed by atoms with Crippen molar-refractivity contribution in [3.05, 3.63) is 63.6 Å². The normalized spacial score (nSPS) is 11.3. The van der Waals surface area contributed by atoms with Crippen LogP contribution in [0.15, 0.2) is 52.1 Å². The summed E-state index contributed by atoms with van der Waals surface area (Å²) in [6.07, 6.45) is 0. The Morgan fingerprint density at radius 3 is 2.48 bits per heavy atom. The molecule has 2 aromatic rings. The Bertz CT molecular complexity index is 694. The van der Waals surface area contributed by atoms with E-state index in [0.717, 1.165) is 15.6 Å². The standard InChI is InChI=1S/C16H15BrN2O2/c1-10-3-8-15(17)14(9-10)16(20)18-13-6-4-12(5-7-13)11(2)19-21/h3-9,21H,1-2H3,(H,18,20)/b19-11-. The molecule has 0 bridgehead atoms. The van der Waals surface area contributed by atoms with E-state index in [1.807, 2.05) is 25.1 Å². The van der Waals surface area contributed by atoms with Crippen LogP contribution in [0, 0.1) is 6.92 Å². The summed E-state index contributed by atoms with van der Waals surface area (Å²) in [5, 5.41) is 14.7. The molecule has 108 valence electrons. The monoisotopic (exact) mass is 346 g/mol. The number of nitrogens with zero attached hydrogens (tertiary/aromatic N) is 1. The van der Waals surface area contributed by atoms with Gasteiger partial charge in [-0.3, -0.25) is 4.79 Å². The highest BCUT2D eigenvalue weighted by atomic mass is 79.9. The summed E-state index contributed by atoms with van der Waals surface area (Å²) < 4.78 is 0.755.